The summed E-state index contributed by atoms with van der Waals surface area (Å²) in [6, 6.07) is 9.63. The summed E-state index contributed by atoms with van der Waals surface area (Å²) < 4.78 is 25.6. The molecule has 2 aromatic carbocycles. The minimum absolute atomic E-state index is 0.126. The van der Waals surface area contributed by atoms with Crippen LogP contribution in [0, 0.1) is 5.82 Å². The predicted molar refractivity (Wildman–Crippen MR) is 120 cm³/mol. The molecule has 3 heterocycles. The molecule has 0 saturated carbocycles. The van der Waals surface area contributed by atoms with E-state index in [1.54, 1.807) is 12.3 Å². The van der Waals surface area contributed by atoms with Crippen LogP contribution in [-0.2, 0) is 9.63 Å². The van der Waals surface area contributed by atoms with Gasteiger partial charge in [0.05, 0.1) is 11.4 Å². The average Bonchev–Trinajstić information content (AvgIpc) is 3.31. The highest BCUT2D eigenvalue weighted by atomic mass is 19.1. The van der Waals surface area contributed by atoms with Gasteiger partial charge in [0.1, 0.15) is 23.1 Å². The number of amides is 1. The van der Waals surface area contributed by atoms with Gasteiger partial charge in [-0.1, -0.05) is 0 Å². The molecule has 172 valence electrons. The number of allylic oxidation sites excluding steroid dienone is 1. The molecule has 0 aromatic heterocycles. The van der Waals surface area contributed by atoms with Gasteiger partial charge in [0, 0.05) is 29.6 Å². The van der Waals surface area contributed by atoms with Crippen LogP contribution in [0.25, 0.3) is 0 Å². The third kappa shape index (κ3) is 3.55. The fourth-order valence-corrected chi connectivity index (χ4v) is 3.71. The van der Waals surface area contributed by atoms with E-state index in [1.165, 1.54) is 26.0 Å². The zero-order chi connectivity index (χ0) is 23.4. The molecule has 10 nitrogen and oxygen atoms in total. The van der Waals surface area contributed by atoms with Crippen molar-refractivity contribution in [3.63, 3.8) is 0 Å². The lowest BCUT2D eigenvalue weighted by Crippen LogP contribution is -2.51. The second-order valence-corrected chi connectivity index (χ2v) is 8.36. The summed E-state index contributed by atoms with van der Waals surface area (Å²) in [5, 5.41) is 6.30. The van der Waals surface area contributed by atoms with Crippen molar-refractivity contribution >= 4 is 29.2 Å². The second-order valence-electron chi connectivity index (χ2n) is 8.36. The lowest BCUT2D eigenvalue weighted by Gasteiger charge is -2.36. The van der Waals surface area contributed by atoms with Gasteiger partial charge in [-0.15, -0.1) is 0 Å². The number of aliphatic imine (C=N–C) groups is 1. The SMILES string of the molecule is CC1=C2NOC(Nc3cc(F)cc(OC(C)(C)C(N)=O)c3)(N=C1)N2c1ccc2c(c1)NCO2. The summed E-state index contributed by atoms with van der Waals surface area (Å²) in [4.78, 5) is 23.9. The van der Waals surface area contributed by atoms with Crippen molar-refractivity contribution in [3.8, 4) is 11.5 Å². The first-order valence-electron chi connectivity index (χ1n) is 10.3. The molecule has 1 atom stereocenters. The molecule has 0 radical (unpaired) electrons. The number of ether oxygens (including phenoxy) is 2. The predicted octanol–water partition coefficient (Wildman–Crippen LogP) is 2.61. The standard InChI is InChI=1S/C22H23FN6O4/c1-12-10-26-22(27-14-6-13(23)7-16(8-14)32-21(2,3)20(24)30)29(19(12)28-33-22)15-4-5-18-17(9-15)25-11-31-18/h4-10,25,27-28H,11H2,1-3H3,(H2,24,30). The van der Waals surface area contributed by atoms with Crippen LogP contribution in [0.5, 0.6) is 11.5 Å². The van der Waals surface area contributed by atoms with Crippen molar-refractivity contribution in [3.05, 3.63) is 53.6 Å². The number of carbonyl (C=O) groups excluding carboxylic acids is 1. The molecule has 1 fully saturated rings. The van der Waals surface area contributed by atoms with Crippen molar-refractivity contribution in [1.29, 1.82) is 0 Å². The minimum atomic E-state index is -1.44. The summed E-state index contributed by atoms with van der Waals surface area (Å²) in [6.45, 7) is 5.31. The Morgan fingerprint density at radius 3 is 2.94 bits per heavy atom. The summed E-state index contributed by atoms with van der Waals surface area (Å²) in [5.41, 5.74) is 9.73. The highest BCUT2D eigenvalue weighted by molar-refractivity contribution is 5.85. The Hall–Kier alpha value is -3.99. The van der Waals surface area contributed by atoms with Gasteiger partial charge in [-0.3, -0.25) is 9.69 Å². The quantitative estimate of drug-likeness (QED) is 0.526. The van der Waals surface area contributed by atoms with Crippen LogP contribution in [0.4, 0.5) is 21.5 Å². The first kappa shape index (κ1) is 20.9. The number of hydroxylamine groups is 1. The summed E-state index contributed by atoms with van der Waals surface area (Å²) in [5.74, 6) is -1.13. The average molecular weight is 454 g/mol. The number of fused-ring (bicyclic) bond motifs is 3. The molecule has 1 saturated heterocycles. The molecule has 0 spiro atoms. The monoisotopic (exact) mass is 454 g/mol. The van der Waals surface area contributed by atoms with Crippen LogP contribution in [0.1, 0.15) is 20.8 Å². The van der Waals surface area contributed by atoms with Gasteiger partial charge in [0.2, 0.25) is 0 Å². The maximum Gasteiger partial charge on any atom is 0.351 e. The van der Waals surface area contributed by atoms with Crippen molar-refractivity contribution in [2.45, 2.75) is 32.3 Å². The Bertz CT molecular complexity index is 1210. The Labute approximate surface area is 189 Å². The number of benzene rings is 2. The number of primary amides is 1. The normalized spacial score (nSPS) is 20.7. The van der Waals surface area contributed by atoms with Crippen molar-refractivity contribution in [2.24, 2.45) is 10.7 Å². The van der Waals surface area contributed by atoms with Gasteiger partial charge in [-0.2, -0.15) is 0 Å². The lowest BCUT2D eigenvalue weighted by molar-refractivity contribution is -0.130. The Kier molecular flexibility index (Phi) is 4.60. The Morgan fingerprint density at radius 2 is 2.15 bits per heavy atom. The summed E-state index contributed by atoms with van der Waals surface area (Å²) in [6.07, 6.45) is 1.67. The number of carbonyl (C=O) groups is 1. The van der Waals surface area contributed by atoms with E-state index >= 15 is 0 Å². The fraction of sp³-hybridized carbons (Fsp3) is 0.273. The number of nitrogens with one attached hydrogen (secondary N) is 3. The third-order valence-electron chi connectivity index (χ3n) is 5.48. The van der Waals surface area contributed by atoms with E-state index in [1.807, 2.05) is 30.0 Å². The van der Waals surface area contributed by atoms with Crippen LogP contribution < -0.4 is 36.2 Å². The van der Waals surface area contributed by atoms with Crippen LogP contribution in [0.15, 0.2) is 52.8 Å². The largest absolute Gasteiger partial charge is 0.478 e. The Morgan fingerprint density at radius 1 is 1.33 bits per heavy atom. The minimum Gasteiger partial charge on any atom is -0.478 e. The molecule has 11 heteroatoms. The molecule has 5 N–H and O–H groups in total. The summed E-state index contributed by atoms with van der Waals surface area (Å²) in [7, 11) is 0. The lowest BCUT2D eigenvalue weighted by atomic mass is 10.1. The van der Waals surface area contributed by atoms with Crippen molar-refractivity contribution < 1.29 is 23.5 Å². The maximum absolute atomic E-state index is 14.5. The van der Waals surface area contributed by atoms with Crippen molar-refractivity contribution in [2.75, 3.05) is 22.3 Å². The van der Waals surface area contributed by atoms with E-state index in [9.17, 15) is 9.18 Å². The Balaban J connectivity index is 1.51. The van der Waals surface area contributed by atoms with Gasteiger partial charge in [-0.25, -0.2) is 19.7 Å². The van der Waals surface area contributed by atoms with E-state index < -0.39 is 23.3 Å². The third-order valence-corrected chi connectivity index (χ3v) is 5.48. The number of anilines is 3. The first-order valence-corrected chi connectivity index (χ1v) is 10.3. The van der Waals surface area contributed by atoms with E-state index in [0.717, 1.165) is 22.7 Å². The fourth-order valence-electron chi connectivity index (χ4n) is 3.71. The first-order chi connectivity index (χ1) is 15.7. The number of hydrogen-bond donors (Lipinski definition) is 4. The highest BCUT2D eigenvalue weighted by Crippen LogP contribution is 2.42. The molecule has 2 aromatic rings. The van der Waals surface area contributed by atoms with Crippen LogP contribution in [0.3, 0.4) is 0 Å². The second kappa shape index (κ2) is 7.27. The van der Waals surface area contributed by atoms with E-state index in [4.69, 9.17) is 20.0 Å². The molecular formula is C22H23FN6O4. The number of nitrogens with two attached hydrogens (primary N) is 1. The number of hydrogen-bond acceptors (Lipinski definition) is 9. The smallest absolute Gasteiger partial charge is 0.351 e. The van der Waals surface area contributed by atoms with Gasteiger partial charge >= 0.3 is 5.97 Å². The van der Waals surface area contributed by atoms with Gasteiger partial charge in [0.25, 0.3) is 5.91 Å². The molecule has 3 aliphatic rings. The molecule has 1 unspecified atom stereocenters. The number of nitrogens with zero attached hydrogens (tertiary/aromatic N) is 2. The van der Waals surface area contributed by atoms with E-state index in [2.05, 4.69) is 21.1 Å². The molecule has 1 amide bonds. The molecule has 33 heavy (non-hydrogen) atoms. The molecule has 5 rings (SSSR count). The number of halogens is 1. The van der Waals surface area contributed by atoms with Gasteiger partial charge in [-0.05, 0) is 45.0 Å². The van der Waals surface area contributed by atoms with Gasteiger partial charge < -0.3 is 25.8 Å². The zero-order valence-electron chi connectivity index (χ0n) is 18.2. The van der Waals surface area contributed by atoms with E-state index in [-0.39, 0.29) is 5.75 Å². The number of rotatable bonds is 6. The van der Waals surface area contributed by atoms with Crippen LogP contribution in [0.2, 0.25) is 0 Å². The molecule has 2 bridgehead atoms. The highest BCUT2D eigenvalue weighted by Gasteiger charge is 2.49. The molecule has 3 aliphatic heterocycles. The zero-order valence-corrected chi connectivity index (χ0v) is 18.2. The van der Waals surface area contributed by atoms with Crippen molar-refractivity contribution in [1.82, 2.24) is 5.48 Å². The van der Waals surface area contributed by atoms with E-state index in [0.29, 0.717) is 18.2 Å². The maximum atomic E-state index is 14.5. The molecule has 0 aliphatic carbocycles. The van der Waals surface area contributed by atoms with Crippen LogP contribution in [-0.4, -0.2) is 30.4 Å². The van der Waals surface area contributed by atoms with Crippen LogP contribution >= 0.6 is 0 Å². The summed E-state index contributed by atoms with van der Waals surface area (Å²) >= 11 is 0. The topological polar surface area (TPSA) is 122 Å². The molecular weight excluding hydrogens is 431 g/mol. The van der Waals surface area contributed by atoms with Gasteiger partial charge in [0.15, 0.2) is 12.3 Å².